The van der Waals surface area contributed by atoms with E-state index >= 15 is 0 Å². The van der Waals surface area contributed by atoms with E-state index in [1.54, 1.807) is 7.05 Å². The van der Waals surface area contributed by atoms with E-state index in [4.69, 9.17) is 11.6 Å². The van der Waals surface area contributed by atoms with Crippen molar-refractivity contribution in [2.45, 2.75) is 44.0 Å². The largest absolute Gasteiger partial charge is 0.391 e. The van der Waals surface area contributed by atoms with Crippen molar-refractivity contribution in [3.05, 3.63) is 20.8 Å². The number of imidazole rings is 1. The molecule has 0 bridgehead atoms. The van der Waals surface area contributed by atoms with Crippen molar-refractivity contribution in [1.82, 2.24) is 19.1 Å². The molecule has 0 fully saturated rings. The predicted molar refractivity (Wildman–Crippen MR) is 92.6 cm³/mol. The average molecular weight is 361 g/mol. The summed E-state index contributed by atoms with van der Waals surface area (Å²) in [5.41, 5.74) is -0.168. The van der Waals surface area contributed by atoms with Gasteiger partial charge >= 0.3 is 5.69 Å². The molecule has 2 heterocycles. The van der Waals surface area contributed by atoms with Crippen LogP contribution in [-0.4, -0.2) is 41.9 Å². The van der Waals surface area contributed by atoms with Gasteiger partial charge in [0.25, 0.3) is 5.56 Å². The highest BCUT2D eigenvalue weighted by molar-refractivity contribution is 7.99. The molecule has 0 unspecified atom stereocenters. The molecule has 0 amide bonds. The van der Waals surface area contributed by atoms with E-state index in [9.17, 15) is 14.7 Å². The Morgan fingerprint density at radius 1 is 1.39 bits per heavy atom. The predicted octanol–water partition coefficient (Wildman–Crippen LogP) is 1.31. The Bertz CT molecular complexity index is 783. The molecular formula is C14H21ClN4O3S. The first-order valence-electron chi connectivity index (χ1n) is 7.56. The highest BCUT2D eigenvalue weighted by Gasteiger charge is 2.18. The number of aromatic amines is 1. The van der Waals surface area contributed by atoms with Crippen LogP contribution in [0.4, 0.5) is 0 Å². The van der Waals surface area contributed by atoms with E-state index in [0.29, 0.717) is 28.6 Å². The molecule has 0 aliphatic rings. The quantitative estimate of drug-likeness (QED) is 0.420. The third-order valence-electron chi connectivity index (χ3n) is 3.54. The Kier molecular flexibility index (Phi) is 6.32. The number of nitrogens with one attached hydrogen (secondary N) is 1. The van der Waals surface area contributed by atoms with Crippen LogP contribution in [0.2, 0.25) is 0 Å². The molecule has 9 heteroatoms. The fourth-order valence-corrected chi connectivity index (χ4v) is 3.45. The molecule has 2 rings (SSSR count). The van der Waals surface area contributed by atoms with Crippen LogP contribution in [-0.2, 0) is 13.6 Å². The summed E-state index contributed by atoms with van der Waals surface area (Å²) in [7, 11) is 1.58. The number of unbranched alkanes of at least 4 members (excludes halogenated alkanes) is 2. The average Bonchev–Trinajstić information content (AvgIpc) is 2.90. The zero-order chi connectivity index (χ0) is 17.0. The van der Waals surface area contributed by atoms with Gasteiger partial charge in [-0.3, -0.25) is 14.3 Å². The molecule has 0 aliphatic heterocycles. The molecule has 128 valence electrons. The summed E-state index contributed by atoms with van der Waals surface area (Å²) in [6.07, 6.45) is 2.37. The highest BCUT2D eigenvalue weighted by atomic mass is 35.5. The second-order valence-corrected chi connectivity index (χ2v) is 6.66. The zero-order valence-corrected chi connectivity index (χ0v) is 14.8. The number of hydrogen-bond acceptors (Lipinski definition) is 5. The lowest BCUT2D eigenvalue weighted by molar-refractivity contribution is 0.223. The van der Waals surface area contributed by atoms with Crippen LogP contribution < -0.4 is 11.2 Å². The van der Waals surface area contributed by atoms with Gasteiger partial charge in [-0.05, 0) is 6.42 Å². The number of aromatic nitrogens is 4. The molecule has 0 spiro atoms. The standard InChI is InChI=1S/C14H21ClN4O3S/c1-3-4-5-6-19-10-11(18(2)13(22)17-12(10)21)16-14(19)23-8-9(20)7-15/h9,20H,3-8H2,1-2H3,(H,17,21,22)/t9-/m0/s1. The van der Waals surface area contributed by atoms with Crippen molar-refractivity contribution >= 4 is 34.5 Å². The van der Waals surface area contributed by atoms with Crippen molar-refractivity contribution in [1.29, 1.82) is 0 Å². The van der Waals surface area contributed by atoms with Crippen LogP contribution in [0.5, 0.6) is 0 Å². The number of aliphatic hydroxyl groups is 1. The second kappa shape index (κ2) is 8.03. The minimum atomic E-state index is -0.646. The van der Waals surface area contributed by atoms with Gasteiger partial charge in [-0.2, -0.15) is 0 Å². The first-order chi connectivity index (χ1) is 11.0. The van der Waals surface area contributed by atoms with Crippen LogP contribution in [0, 0.1) is 0 Å². The number of thioether (sulfide) groups is 1. The first-order valence-corrected chi connectivity index (χ1v) is 9.08. The van der Waals surface area contributed by atoms with E-state index in [1.807, 2.05) is 4.57 Å². The molecule has 23 heavy (non-hydrogen) atoms. The maximum atomic E-state index is 12.2. The summed E-state index contributed by atoms with van der Waals surface area (Å²) >= 11 is 6.96. The summed E-state index contributed by atoms with van der Waals surface area (Å²) in [5.74, 6) is 0.522. The monoisotopic (exact) mass is 360 g/mol. The number of H-pyrrole nitrogens is 1. The van der Waals surface area contributed by atoms with Gasteiger partial charge in [0.2, 0.25) is 0 Å². The van der Waals surface area contributed by atoms with Crippen molar-refractivity contribution in [2.24, 2.45) is 7.05 Å². The van der Waals surface area contributed by atoms with Gasteiger partial charge in [-0.15, -0.1) is 11.6 Å². The Hall–Kier alpha value is -1.25. The third-order valence-corrected chi connectivity index (χ3v) is 5.02. The first kappa shape index (κ1) is 18.1. The lowest BCUT2D eigenvalue weighted by atomic mass is 10.2. The number of hydrogen-bond donors (Lipinski definition) is 2. The minimum Gasteiger partial charge on any atom is -0.391 e. The Labute approximate surface area is 142 Å². The molecule has 0 radical (unpaired) electrons. The number of alkyl halides is 1. The van der Waals surface area contributed by atoms with E-state index in [0.717, 1.165) is 19.3 Å². The Morgan fingerprint density at radius 2 is 2.13 bits per heavy atom. The van der Waals surface area contributed by atoms with Crippen molar-refractivity contribution in [2.75, 3.05) is 11.6 Å². The van der Waals surface area contributed by atoms with Crippen LogP contribution in [0.25, 0.3) is 11.2 Å². The topological polar surface area (TPSA) is 92.9 Å². The van der Waals surface area contributed by atoms with Crippen molar-refractivity contribution in [3.63, 3.8) is 0 Å². The van der Waals surface area contributed by atoms with Gasteiger partial charge in [-0.1, -0.05) is 31.5 Å². The fourth-order valence-electron chi connectivity index (χ4n) is 2.27. The molecule has 2 N–H and O–H groups in total. The zero-order valence-electron chi connectivity index (χ0n) is 13.2. The van der Waals surface area contributed by atoms with Crippen LogP contribution in [0.3, 0.4) is 0 Å². The molecule has 2 aromatic heterocycles. The SMILES string of the molecule is CCCCCn1c(SC[C@@H](O)CCl)nc2c1c(=O)[nH]c(=O)n2C. The number of halogens is 1. The molecule has 2 aromatic rings. The second-order valence-electron chi connectivity index (χ2n) is 5.36. The highest BCUT2D eigenvalue weighted by Crippen LogP contribution is 2.23. The summed E-state index contributed by atoms with van der Waals surface area (Å²) in [4.78, 5) is 30.7. The van der Waals surface area contributed by atoms with Gasteiger partial charge in [0.15, 0.2) is 16.3 Å². The van der Waals surface area contributed by atoms with E-state index in [-0.39, 0.29) is 5.88 Å². The normalized spacial score (nSPS) is 12.9. The molecule has 0 aromatic carbocycles. The summed E-state index contributed by atoms with van der Waals surface area (Å²) < 4.78 is 3.16. The number of rotatable bonds is 8. The van der Waals surface area contributed by atoms with E-state index in [1.165, 1.54) is 16.3 Å². The summed E-state index contributed by atoms with van der Waals surface area (Å²) in [5, 5.41) is 10.3. The van der Waals surface area contributed by atoms with Gasteiger partial charge in [0.1, 0.15) is 0 Å². The molecule has 0 saturated carbocycles. The molecule has 1 atom stereocenters. The fraction of sp³-hybridized carbons (Fsp3) is 0.643. The number of aliphatic hydroxyl groups excluding tert-OH is 1. The Balaban J connectivity index is 2.48. The number of nitrogens with zero attached hydrogens (tertiary/aromatic N) is 3. The molecule has 0 saturated heterocycles. The maximum absolute atomic E-state index is 12.2. The van der Waals surface area contributed by atoms with Crippen molar-refractivity contribution in [3.8, 4) is 0 Å². The van der Waals surface area contributed by atoms with Gasteiger partial charge in [0.05, 0.1) is 6.10 Å². The van der Waals surface area contributed by atoms with E-state index < -0.39 is 17.4 Å². The summed E-state index contributed by atoms with van der Waals surface area (Å²) in [6.45, 7) is 2.75. The lowest BCUT2D eigenvalue weighted by Gasteiger charge is -2.09. The van der Waals surface area contributed by atoms with Gasteiger partial charge in [-0.25, -0.2) is 9.78 Å². The number of fused-ring (bicyclic) bond motifs is 1. The van der Waals surface area contributed by atoms with Crippen LogP contribution in [0.1, 0.15) is 26.2 Å². The minimum absolute atomic E-state index is 0.141. The van der Waals surface area contributed by atoms with Crippen LogP contribution >= 0.6 is 23.4 Å². The molecule has 7 nitrogen and oxygen atoms in total. The smallest absolute Gasteiger partial charge is 0.329 e. The third kappa shape index (κ3) is 3.99. The maximum Gasteiger partial charge on any atom is 0.329 e. The van der Waals surface area contributed by atoms with Gasteiger partial charge < -0.3 is 9.67 Å². The molecule has 0 aliphatic carbocycles. The molecular weight excluding hydrogens is 340 g/mol. The Morgan fingerprint density at radius 3 is 2.78 bits per heavy atom. The van der Waals surface area contributed by atoms with E-state index in [2.05, 4.69) is 16.9 Å². The van der Waals surface area contributed by atoms with Crippen molar-refractivity contribution < 1.29 is 5.11 Å². The van der Waals surface area contributed by atoms with Crippen LogP contribution in [0.15, 0.2) is 14.7 Å². The summed E-state index contributed by atoms with van der Waals surface area (Å²) in [6, 6.07) is 0. The number of aryl methyl sites for hydroxylation is 2. The van der Waals surface area contributed by atoms with Gasteiger partial charge in [0, 0.05) is 25.2 Å². The lowest BCUT2D eigenvalue weighted by Crippen LogP contribution is -2.29.